The lowest BCUT2D eigenvalue weighted by Gasteiger charge is -1.94. The van der Waals surface area contributed by atoms with E-state index >= 15 is 0 Å². The van der Waals surface area contributed by atoms with Gasteiger partial charge in [-0.2, -0.15) is 0 Å². The molecule has 0 bridgehead atoms. The summed E-state index contributed by atoms with van der Waals surface area (Å²) in [6.07, 6.45) is 0. The number of benzene rings is 1. The van der Waals surface area contributed by atoms with E-state index in [9.17, 15) is 9.59 Å². The molecule has 0 aliphatic rings. The average molecular weight is 181 g/mol. The first kappa shape index (κ1) is 8.80. The van der Waals surface area contributed by atoms with E-state index in [-0.39, 0.29) is 5.12 Å². The van der Waals surface area contributed by atoms with Gasteiger partial charge in [0.1, 0.15) is 0 Å². The summed E-state index contributed by atoms with van der Waals surface area (Å²) in [7, 11) is 0. The number of amides is 1. The van der Waals surface area contributed by atoms with Gasteiger partial charge in [-0.3, -0.25) is 9.59 Å². The standard InChI is InChI=1S/C8H7NO2S/c9-8(11)12-7(10)6-4-2-1-3-5-6/h1-5H,(H2,9,11). The Morgan fingerprint density at radius 2 is 1.75 bits per heavy atom. The smallest absolute Gasteiger partial charge is 0.284 e. The van der Waals surface area contributed by atoms with Crippen LogP contribution < -0.4 is 5.73 Å². The summed E-state index contributed by atoms with van der Waals surface area (Å²) in [5.41, 5.74) is 5.32. The highest BCUT2D eigenvalue weighted by molar-refractivity contribution is 8.26. The Hall–Kier alpha value is -1.29. The molecule has 0 radical (unpaired) electrons. The van der Waals surface area contributed by atoms with Gasteiger partial charge in [0.05, 0.1) is 0 Å². The quantitative estimate of drug-likeness (QED) is 0.716. The van der Waals surface area contributed by atoms with Crippen molar-refractivity contribution >= 4 is 22.1 Å². The fourth-order valence-corrected chi connectivity index (χ4v) is 1.16. The van der Waals surface area contributed by atoms with Crippen molar-refractivity contribution in [2.24, 2.45) is 5.73 Å². The van der Waals surface area contributed by atoms with Crippen LogP contribution in [0.3, 0.4) is 0 Å². The summed E-state index contributed by atoms with van der Waals surface area (Å²) in [4.78, 5) is 21.5. The van der Waals surface area contributed by atoms with E-state index in [1.807, 2.05) is 0 Å². The van der Waals surface area contributed by atoms with E-state index in [4.69, 9.17) is 5.73 Å². The number of thioether (sulfide) groups is 1. The number of rotatable bonds is 1. The molecule has 0 aliphatic heterocycles. The Bertz CT molecular complexity index is 297. The summed E-state index contributed by atoms with van der Waals surface area (Å²) >= 11 is 0.507. The fraction of sp³-hybridized carbons (Fsp3) is 0. The minimum absolute atomic E-state index is 0.317. The molecular weight excluding hydrogens is 174 g/mol. The third-order valence-electron chi connectivity index (χ3n) is 1.20. The van der Waals surface area contributed by atoms with Gasteiger partial charge in [-0.05, 0) is 0 Å². The molecule has 0 atom stereocenters. The van der Waals surface area contributed by atoms with Crippen molar-refractivity contribution in [1.29, 1.82) is 0 Å². The first-order valence-corrected chi connectivity index (χ1v) is 4.08. The van der Waals surface area contributed by atoms with Crippen molar-refractivity contribution in [3.8, 4) is 0 Å². The number of primary amides is 1. The predicted molar refractivity (Wildman–Crippen MR) is 47.9 cm³/mol. The summed E-state index contributed by atoms with van der Waals surface area (Å²) < 4.78 is 0. The van der Waals surface area contributed by atoms with Crippen LogP contribution in [0.1, 0.15) is 10.4 Å². The highest BCUT2D eigenvalue weighted by Crippen LogP contribution is 2.10. The minimum Gasteiger partial charge on any atom is -0.360 e. The van der Waals surface area contributed by atoms with Gasteiger partial charge in [0.15, 0.2) is 0 Å². The van der Waals surface area contributed by atoms with Crippen molar-refractivity contribution in [2.75, 3.05) is 0 Å². The summed E-state index contributed by atoms with van der Waals surface area (Å²) in [5.74, 6) is 0. The molecule has 0 fully saturated rings. The molecule has 0 unspecified atom stereocenters. The van der Waals surface area contributed by atoms with Crippen molar-refractivity contribution in [1.82, 2.24) is 0 Å². The van der Waals surface area contributed by atoms with Gasteiger partial charge in [0.25, 0.3) is 5.24 Å². The first-order chi connectivity index (χ1) is 5.70. The molecule has 0 spiro atoms. The molecule has 0 aromatic heterocycles. The van der Waals surface area contributed by atoms with Crippen LogP contribution in [0.4, 0.5) is 4.79 Å². The monoisotopic (exact) mass is 181 g/mol. The van der Waals surface area contributed by atoms with E-state index in [1.165, 1.54) is 0 Å². The summed E-state index contributed by atoms with van der Waals surface area (Å²) in [5, 5.41) is -0.994. The lowest BCUT2D eigenvalue weighted by atomic mass is 10.2. The highest BCUT2D eigenvalue weighted by Gasteiger charge is 2.08. The predicted octanol–water partition coefficient (Wildman–Crippen LogP) is 1.64. The van der Waals surface area contributed by atoms with Gasteiger partial charge in [-0.1, -0.05) is 30.3 Å². The molecule has 3 nitrogen and oxygen atoms in total. The zero-order valence-electron chi connectivity index (χ0n) is 6.19. The van der Waals surface area contributed by atoms with Crippen molar-refractivity contribution in [3.05, 3.63) is 35.9 Å². The van der Waals surface area contributed by atoms with E-state index < -0.39 is 5.24 Å². The van der Waals surface area contributed by atoms with Crippen molar-refractivity contribution < 1.29 is 9.59 Å². The van der Waals surface area contributed by atoms with Crippen LogP contribution in [0.5, 0.6) is 0 Å². The van der Waals surface area contributed by atoms with Crippen LogP contribution in [0.15, 0.2) is 30.3 Å². The van der Waals surface area contributed by atoms with Crippen LogP contribution >= 0.6 is 11.8 Å². The van der Waals surface area contributed by atoms with Gasteiger partial charge >= 0.3 is 0 Å². The maximum absolute atomic E-state index is 11.1. The molecule has 1 amide bonds. The Balaban J connectivity index is 2.73. The molecule has 4 heteroatoms. The average Bonchev–Trinajstić information content (AvgIpc) is 2.05. The minimum atomic E-state index is -0.677. The number of carbonyl (C=O) groups excluding carboxylic acids is 2. The van der Waals surface area contributed by atoms with Gasteiger partial charge < -0.3 is 5.73 Å². The number of nitrogens with two attached hydrogens (primary N) is 1. The second-order valence-corrected chi connectivity index (χ2v) is 3.05. The zero-order valence-corrected chi connectivity index (χ0v) is 7.01. The molecule has 0 aliphatic carbocycles. The fourth-order valence-electron chi connectivity index (χ4n) is 0.725. The van der Waals surface area contributed by atoms with Crippen LogP contribution in [0.2, 0.25) is 0 Å². The maximum atomic E-state index is 11.1. The molecule has 2 N–H and O–H groups in total. The van der Waals surface area contributed by atoms with Crippen molar-refractivity contribution in [2.45, 2.75) is 0 Å². The first-order valence-electron chi connectivity index (χ1n) is 3.27. The molecule has 1 aromatic carbocycles. The highest BCUT2D eigenvalue weighted by atomic mass is 32.2. The summed E-state index contributed by atoms with van der Waals surface area (Å²) in [6, 6.07) is 8.53. The zero-order chi connectivity index (χ0) is 8.97. The topological polar surface area (TPSA) is 60.2 Å². The van der Waals surface area contributed by atoms with Crippen LogP contribution in [-0.2, 0) is 0 Å². The molecular formula is C8H7NO2S. The normalized spacial score (nSPS) is 9.33. The third-order valence-corrected chi connectivity index (χ3v) is 1.83. The van der Waals surface area contributed by atoms with Gasteiger partial charge in [-0.15, -0.1) is 0 Å². The number of hydrogen-bond acceptors (Lipinski definition) is 3. The van der Waals surface area contributed by atoms with E-state index in [0.717, 1.165) is 0 Å². The molecule has 0 heterocycles. The lowest BCUT2D eigenvalue weighted by molar-refractivity contribution is 0.109. The van der Waals surface area contributed by atoms with Gasteiger partial charge in [0.2, 0.25) is 5.12 Å². The van der Waals surface area contributed by atoms with E-state index in [2.05, 4.69) is 0 Å². The lowest BCUT2D eigenvalue weighted by Crippen LogP contribution is -2.06. The SMILES string of the molecule is NC(=O)SC(=O)c1ccccc1. The third kappa shape index (κ3) is 2.39. The number of hydrogen-bond donors (Lipinski definition) is 1. The molecule has 0 saturated carbocycles. The molecule has 12 heavy (non-hydrogen) atoms. The number of carbonyl (C=O) groups is 2. The maximum Gasteiger partial charge on any atom is 0.284 e. The van der Waals surface area contributed by atoms with Crippen molar-refractivity contribution in [3.63, 3.8) is 0 Å². The van der Waals surface area contributed by atoms with Crippen LogP contribution in [0.25, 0.3) is 0 Å². The molecule has 1 rings (SSSR count). The molecule has 62 valence electrons. The Morgan fingerprint density at radius 3 is 2.25 bits per heavy atom. The van der Waals surface area contributed by atoms with Crippen LogP contribution in [0, 0.1) is 0 Å². The van der Waals surface area contributed by atoms with Gasteiger partial charge in [-0.25, -0.2) is 0 Å². The second-order valence-electron chi connectivity index (χ2n) is 2.07. The Kier molecular flexibility index (Phi) is 2.88. The van der Waals surface area contributed by atoms with Gasteiger partial charge in [0, 0.05) is 17.3 Å². The Morgan fingerprint density at radius 1 is 1.17 bits per heavy atom. The Labute approximate surface area is 73.9 Å². The largest absolute Gasteiger partial charge is 0.360 e. The molecule has 0 saturated heterocycles. The van der Waals surface area contributed by atoms with Crippen LogP contribution in [-0.4, -0.2) is 10.4 Å². The second kappa shape index (κ2) is 3.92. The summed E-state index contributed by atoms with van der Waals surface area (Å²) in [6.45, 7) is 0. The molecule has 1 aromatic rings. The van der Waals surface area contributed by atoms with E-state index in [0.29, 0.717) is 17.3 Å². The van der Waals surface area contributed by atoms with E-state index in [1.54, 1.807) is 30.3 Å².